The number of nitrogens with one attached hydrogen (secondary N) is 2. The Morgan fingerprint density at radius 1 is 1.14 bits per heavy atom. The van der Waals surface area contributed by atoms with Crippen molar-refractivity contribution in [1.29, 1.82) is 0 Å². The first-order valence-corrected chi connectivity index (χ1v) is 13.4. The van der Waals surface area contributed by atoms with Crippen LogP contribution < -0.4 is 10.6 Å². The molecule has 200 valence electrons. The van der Waals surface area contributed by atoms with Crippen LogP contribution in [0.25, 0.3) is 0 Å². The summed E-state index contributed by atoms with van der Waals surface area (Å²) in [6, 6.07) is 8.51. The van der Waals surface area contributed by atoms with E-state index in [1.807, 2.05) is 58.0 Å². The smallest absolute Gasteiger partial charge is 0.303 e. The third-order valence-corrected chi connectivity index (χ3v) is 7.31. The summed E-state index contributed by atoms with van der Waals surface area (Å²) in [6.07, 6.45) is -0.510. The van der Waals surface area contributed by atoms with Crippen LogP contribution in [0, 0.1) is 11.8 Å². The van der Waals surface area contributed by atoms with E-state index in [-0.39, 0.29) is 35.1 Å². The second-order valence-electron chi connectivity index (χ2n) is 10.1. The van der Waals surface area contributed by atoms with Gasteiger partial charge in [-0.15, -0.1) is 11.8 Å². The number of aliphatic hydroxyl groups excluding tert-OH is 1. The van der Waals surface area contributed by atoms with Gasteiger partial charge in [-0.1, -0.05) is 58.0 Å². The fraction of sp³-hybridized carbons (Fsp3) is 0.593. The molecule has 1 aromatic rings. The maximum absolute atomic E-state index is 12.9. The molecule has 0 aromatic heterocycles. The molecule has 8 nitrogen and oxygen atoms in total. The summed E-state index contributed by atoms with van der Waals surface area (Å²) in [6.45, 7) is 11.2. The molecule has 2 amide bonds. The van der Waals surface area contributed by atoms with Gasteiger partial charge in [0.15, 0.2) is 0 Å². The van der Waals surface area contributed by atoms with E-state index >= 15 is 0 Å². The van der Waals surface area contributed by atoms with Gasteiger partial charge in [0, 0.05) is 38.3 Å². The number of ether oxygens (including phenoxy) is 1. The minimum atomic E-state index is -0.847. The number of esters is 1. The van der Waals surface area contributed by atoms with Crippen LogP contribution in [0.4, 0.5) is 0 Å². The quantitative estimate of drug-likeness (QED) is 0.362. The number of amides is 2. The van der Waals surface area contributed by atoms with E-state index in [1.54, 1.807) is 24.3 Å². The van der Waals surface area contributed by atoms with Crippen molar-refractivity contribution in [3.63, 3.8) is 0 Å². The molecule has 1 aliphatic heterocycles. The summed E-state index contributed by atoms with van der Waals surface area (Å²) < 4.78 is 5.67. The minimum Gasteiger partial charge on any atom is -0.459 e. The second kappa shape index (κ2) is 13.7. The molecule has 0 saturated carbocycles. The lowest BCUT2D eigenvalue weighted by atomic mass is 9.95. The van der Waals surface area contributed by atoms with Crippen molar-refractivity contribution in [2.75, 3.05) is 7.05 Å². The van der Waals surface area contributed by atoms with Crippen molar-refractivity contribution < 1.29 is 24.2 Å². The standard InChI is InChI=1S/C27H41N3O5S/c1-16(2)13-24(32)30(7)22(17(3)4)14-23(35-19(6)31)27-29-21(15-36-27)26(34)28-18(5)25(33)20-11-9-8-10-12-20/h8-12,15-18,22-23,25,27,29,33H,13-14H2,1-7H3,(H,28,34)/t18-,22-,23-,25?,27?/m1/s1. The molecule has 3 N–H and O–H groups in total. The lowest BCUT2D eigenvalue weighted by molar-refractivity contribution is -0.148. The molecule has 0 radical (unpaired) electrons. The Morgan fingerprint density at radius 3 is 2.33 bits per heavy atom. The fourth-order valence-corrected chi connectivity index (χ4v) is 5.20. The van der Waals surface area contributed by atoms with E-state index in [2.05, 4.69) is 10.6 Å². The molecule has 1 aliphatic rings. The number of rotatable bonds is 12. The molecule has 0 saturated heterocycles. The summed E-state index contributed by atoms with van der Waals surface area (Å²) in [5.74, 6) is -0.317. The first-order chi connectivity index (χ1) is 16.9. The lowest BCUT2D eigenvalue weighted by Gasteiger charge is -2.35. The Balaban J connectivity index is 2.05. The van der Waals surface area contributed by atoms with Crippen LogP contribution in [0.1, 0.15) is 66.1 Å². The molecule has 1 heterocycles. The number of carbonyl (C=O) groups is 3. The van der Waals surface area contributed by atoms with Crippen LogP contribution in [0.15, 0.2) is 41.4 Å². The van der Waals surface area contributed by atoms with Gasteiger partial charge < -0.3 is 25.4 Å². The van der Waals surface area contributed by atoms with Crippen molar-refractivity contribution in [1.82, 2.24) is 15.5 Å². The fourth-order valence-electron chi connectivity index (χ4n) is 4.21. The average molecular weight is 520 g/mol. The summed E-state index contributed by atoms with van der Waals surface area (Å²) in [5.41, 5.74) is 1.07. The Hall–Kier alpha value is -2.52. The Kier molecular flexibility index (Phi) is 11.3. The third kappa shape index (κ3) is 8.55. The summed E-state index contributed by atoms with van der Waals surface area (Å²) in [7, 11) is 1.80. The minimum absolute atomic E-state index is 0.0569. The summed E-state index contributed by atoms with van der Waals surface area (Å²) in [4.78, 5) is 39.3. The predicted octanol–water partition coefficient (Wildman–Crippen LogP) is 3.58. The van der Waals surface area contributed by atoms with Crippen LogP contribution in [-0.4, -0.2) is 58.4 Å². The van der Waals surface area contributed by atoms with Crippen LogP contribution >= 0.6 is 11.8 Å². The maximum Gasteiger partial charge on any atom is 0.303 e. The van der Waals surface area contributed by atoms with Crippen LogP contribution in [0.2, 0.25) is 0 Å². The molecule has 0 spiro atoms. The lowest BCUT2D eigenvalue weighted by Crippen LogP contribution is -2.48. The highest BCUT2D eigenvalue weighted by Crippen LogP contribution is 2.30. The number of hydrogen-bond donors (Lipinski definition) is 3. The van der Waals surface area contributed by atoms with Gasteiger partial charge >= 0.3 is 5.97 Å². The zero-order valence-corrected chi connectivity index (χ0v) is 23.2. The normalized spacial score (nSPS) is 18.6. The molecule has 5 atom stereocenters. The largest absolute Gasteiger partial charge is 0.459 e. The van der Waals surface area contributed by atoms with E-state index in [0.29, 0.717) is 18.5 Å². The number of nitrogens with zero attached hydrogens (tertiary/aromatic N) is 1. The second-order valence-corrected chi connectivity index (χ2v) is 11.2. The SMILES string of the molecule is CC(=O)O[C@H](C[C@H](C(C)C)N(C)C(=O)CC(C)C)C1NC(C(=O)N[C@H](C)C(O)c2ccccc2)=CS1. The van der Waals surface area contributed by atoms with Gasteiger partial charge in [0.25, 0.3) is 5.91 Å². The Morgan fingerprint density at radius 2 is 1.78 bits per heavy atom. The zero-order chi connectivity index (χ0) is 27.0. The topological polar surface area (TPSA) is 108 Å². The maximum atomic E-state index is 12.9. The van der Waals surface area contributed by atoms with E-state index < -0.39 is 24.2 Å². The molecule has 1 aromatic carbocycles. The van der Waals surface area contributed by atoms with Gasteiger partial charge in [0.05, 0.1) is 12.1 Å². The van der Waals surface area contributed by atoms with Crippen molar-refractivity contribution in [3.05, 3.63) is 47.0 Å². The number of aliphatic hydroxyl groups is 1. The van der Waals surface area contributed by atoms with E-state index in [4.69, 9.17) is 4.74 Å². The molecule has 2 unspecified atom stereocenters. The van der Waals surface area contributed by atoms with Gasteiger partial charge in [0.1, 0.15) is 17.2 Å². The van der Waals surface area contributed by atoms with E-state index in [1.165, 1.54) is 18.7 Å². The first-order valence-electron chi connectivity index (χ1n) is 12.5. The molecule has 9 heteroatoms. The Bertz CT molecular complexity index is 921. The summed E-state index contributed by atoms with van der Waals surface area (Å²) in [5, 5.41) is 17.9. The molecular weight excluding hydrogens is 478 g/mol. The Labute approximate surface area is 219 Å². The molecule has 0 bridgehead atoms. The summed E-state index contributed by atoms with van der Waals surface area (Å²) >= 11 is 1.37. The highest BCUT2D eigenvalue weighted by atomic mass is 32.2. The first kappa shape index (κ1) is 29.7. The van der Waals surface area contributed by atoms with Crippen molar-refractivity contribution in [2.24, 2.45) is 11.8 Å². The van der Waals surface area contributed by atoms with Crippen molar-refractivity contribution >= 4 is 29.5 Å². The van der Waals surface area contributed by atoms with E-state index in [9.17, 15) is 19.5 Å². The van der Waals surface area contributed by atoms with Gasteiger partial charge in [-0.3, -0.25) is 14.4 Å². The predicted molar refractivity (Wildman–Crippen MR) is 143 cm³/mol. The van der Waals surface area contributed by atoms with Gasteiger partial charge in [-0.2, -0.15) is 0 Å². The molecule has 2 rings (SSSR count). The number of benzene rings is 1. The monoisotopic (exact) mass is 519 g/mol. The number of carbonyl (C=O) groups excluding carboxylic acids is 3. The van der Waals surface area contributed by atoms with Gasteiger partial charge in [0.2, 0.25) is 5.91 Å². The van der Waals surface area contributed by atoms with Gasteiger partial charge in [-0.05, 0) is 24.3 Å². The molecule has 36 heavy (non-hydrogen) atoms. The van der Waals surface area contributed by atoms with Crippen LogP contribution in [0.5, 0.6) is 0 Å². The van der Waals surface area contributed by atoms with Gasteiger partial charge in [-0.25, -0.2) is 0 Å². The highest BCUT2D eigenvalue weighted by molar-refractivity contribution is 8.03. The average Bonchev–Trinajstić information content (AvgIpc) is 3.31. The van der Waals surface area contributed by atoms with Crippen molar-refractivity contribution in [2.45, 2.75) is 84.0 Å². The van der Waals surface area contributed by atoms with E-state index in [0.717, 1.165) is 5.56 Å². The zero-order valence-electron chi connectivity index (χ0n) is 22.4. The van der Waals surface area contributed by atoms with Crippen LogP contribution in [0.3, 0.4) is 0 Å². The van der Waals surface area contributed by atoms with Crippen LogP contribution in [-0.2, 0) is 19.1 Å². The highest BCUT2D eigenvalue weighted by Gasteiger charge is 2.36. The molecular formula is C27H41N3O5S. The van der Waals surface area contributed by atoms with Crippen molar-refractivity contribution in [3.8, 4) is 0 Å². The number of thioether (sulfide) groups is 1. The number of hydrogen-bond acceptors (Lipinski definition) is 7. The third-order valence-electron chi connectivity index (χ3n) is 6.22. The molecule has 0 fully saturated rings. The molecule has 0 aliphatic carbocycles.